The van der Waals surface area contributed by atoms with Gasteiger partial charge in [-0.25, -0.2) is 4.79 Å². The van der Waals surface area contributed by atoms with Crippen molar-refractivity contribution in [2.24, 2.45) is 5.92 Å². The number of piperidine rings is 1. The largest absolute Gasteiger partial charge is 0.480 e. The van der Waals surface area contributed by atoms with Crippen LogP contribution in [0.15, 0.2) is 72.8 Å². The number of benzene rings is 3. The summed E-state index contributed by atoms with van der Waals surface area (Å²) in [5.41, 5.74) is 6.39. The number of Topliss-reactive ketones (excluding diaryl/α,β-unsaturated/α-hetero) is 1. The highest BCUT2D eigenvalue weighted by molar-refractivity contribution is 7.54. The number of carbonyl (C=O) groups is 2. The van der Waals surface area contributed by atoms with E-state index >= 15 is 0 Å². The lowest BCUT2D eigenvalue weighted by molar-refractivity contribution is -0.143. The maximum atomic E-state index is 13.5. The van der Waals surface area contributed by atoms with Crippen LogP contribution in [0.2, 0.25) is 0 Å². The number of carboxylic acid groups (broad SMARTS) is 1. The second-order valence-electron chi connectivity index (χ2n) is 9.97. The first kappa shape index (κ1) is 27.3. The van der Waals surface area contributed by atoms with Crippen molar-refractivity contribution in [3.05, 3.63) is 89.5 Å². The predicted octanol–water partition coefficient (Wildman–Crippen LogP) is 6.35. The van der Waals surface area contributed by atoms with Crippen LogP contribution in [-0.4, -0.2) is 48.8 Å². The molecule has 0 radical (unpaired) electrons. The van der Waals surface area contributed by atoms with Crippen molar-refractivity contribution in [3.63, 3.8) is 0 Å². The van der Waals surface area contributed by atoms with Gasteiger partial charge in [0.25, 0.3) is 0 Å². The summed E-state index contributed by atoms with van der Waals surface area (Å²) >= 11 is 0. The van der Waals surface area contributed by atoms with Crippen LogP contribution in [-0.2, 0) is 23.2 Å². The van der Waals surface area contributed by atoms with E-state index in [4.69, 9.17) is 9.05 Å². The Morgan fingerprint density at radius 1 is 0.923 bits per heavy atom. The molecular weight excluding hydrogens is 513 g/mol. The molecule has 0 amide bonds. The number of carboxylic acids is 1. The molecule has 0 saturated carbocycles. The van der Waals surface area contributed by atoms with Crippen LogP contribution in [0.4, 0.5) is 5.69 Å². The van der Waals surface area contributed by atoms with E-state index in [1.165, 1.54) is 5.56 Å². The van der Waals surface area contributed by atoms with Crippen LogP contribution < -0.4 is 4.90 Å². The van der Waals surface area contributed by atoms with Gasteiger partial charge in [0.15, 0.2) is 5.78 Å². The van der Waals surface area contributed by atoms with Gasteiger partial charge in [0, 0.05) is 24.1 Å². The minimum absolute atomic E-state index is 0.0600. The number of carbonyl (C=O) groups excluding carboxylic acids is 1. The summed E-state index contributed by atoms with van der Waals surface area (Å²) in [6.45, 7) is 4.16. The molecule has 1 saturated heterocycles. The molecule has 39 heavy (non-hydrogen) atoms. The lowest BCUT2D eigenvalue weighted by atomic mass is 9.83. The van der Waals surface area contributed by atoms with Gasteiger partial charge >= 0.3 is 13.6 Å². The summed E-state index contributed by atoms with van der Waals surface area (Å²) in [5.74, 6) is -2.36. The molecule has 2 aliphatic rings. The lowest BCUT2D eigenvalue weighted by Crippen LogP contribution is -2.53. The summed E-state index contributed by atoms with van der Waals surface area (Å²) in [7, 11) is -3.65. The molecule has 1 aliphatic carbocycles. The third kappa shape index (κ3) is 5.19. The number of rotatable bonds is 10. The molecule has 0 spiro atoms. The van der Waals surface area contributed by atoms with Gasteiger partial charge in [0.05, 0.1) is 13.2 Å². The Morgan fingerprint density at radius 2 is 1.59 bits per heavy atom. The second-order valence-corrected chi connectivity index (χ2v) is 12.0. The maximum absolute atomic E-state index is 13.5. The highest BCUT2D eigenvalue weighted by Gasteiger charge is 2.45. The van der Waals surface area contributed by atoms with Crippen LogP contribution in [0, 0.1) is 5.92 Å². The third-order valence-corrected chi connectivity index (χ3v) is 9.68. The summed E-state index contributed by atoms with van der Waals surface area (Å²) in [6, 6.07) is 23.4. The van der Waals surface area contributed by atoms with Gasteiger partial charge in [-0.2, -0.15) is 0 Å². The van der Waals surface area contributed by atoms with Crippen molar-refractivity contribution >= 4 is 25.0 Å². The molecule has 1 fully saturated rings. The van der Waals surface area contributed by atoms with E-state index in [-0.39, 0.29) is 19.1 Å². The lowest BCUT2D eigenvalue weighted by Gasteiger charge is -2.41. The molecule has 8 heteroatoms. The van der Waals surface area contributed by atoms with Gasteiger partial charge in [-0.1, -0.05) is 66.7 Å². The molecule has 3 aromatic rings. The summed E-state index contributed by atoms with van der Waals surface area (Å²) < 4.78 is 23.8. The Balaban J connectivity index is 1.57. The first-order valence-electron chi connectivity index (χ1n) is 13.6. The summed E-state index contributed by atoms with van der Waals surface area (Å²) in [5, 5.41) is 10.5. The monoisotopic (exact) mass is 547 g/mol. The molecule has 204 valence electrons. The average Bonchev–Trinajstić information content (AvgIpc) is 3.28. The van der Waals surface area contributed by atoms with Crippen molar-refractivity contribution in [3.8, 4) is 11.1 Å². The summed E-state index contributed by atoms with van der Waals surface area (Å²) in [4.78, 5) is 28.2. The fourth-order valence-corrected chi connectivity index (χ4v) is 7.88. The quantitative estimate of drug-likeness (QED) is 0.231. The standard InChI is InChI=1S/C31H34NO6P/c1-3-37-39(36,38-4-2)20-27(33)25-17-11-19-32(30(25)31(34)35)26-18-10-16-24-22-14-8-9-15-23(22)28(29(24)26)21-12-6-5-7-13-21/h5-10,12-16,18,25,28,30H,3-4,11,17,19-20H2,1-2H3,(H,34,35). The van der Waals surface area contributed by atoms with Gasteiger partial charge in [0.1, 0.15) is 12.2 Å². The van der Waals surface area contributed by atoms with Crippen molar-refractivity contribution < 1.29 is 28.3 Å². The number of ketones is 1. The van der Waals surface area contributed by atoms with Crippen LogP contribution in [0.25, 0.3) is 11.1 Å². The Hall–Kier alpha value is -3.25. The van der Waals surface area contributed by atoms with Gasteiger partial charge in [-0.15, -0.1) is 0 Å². The van der Waals surface area contributed by atoms with Crippen molar-refractivity contribution in [2.75, 3.05) is 30.8 Å². The highest BCUT2D eigenvalue weighted by Crippen LogP contribution is 2.53. The zero-order chi connectivity index (χ0) is 27.6. The van der Waals surface area contributed by atoms with Gasteiger partial charge in [-0.3, -0.25) is 9.36 Å². The van der Waals surface area contributed by atoms with Gasteiger partial charge in [0.2, 0.25) is 0 Å². The van der Waals surface area contributed by atoms with Crippen LogP contribution in [0.1, 0.15) is 49.3 Å². The number of nitrogens with zero attached hydrogens (tertiary/aromatic N) is 1. The molecule has 5 rings (SSSR count). The number of hydrogen-bond donors (Lipinski definition) is 1. The number of fused-ring (bicyclic) bond motifs is 3. The van der Waals surface area contributed by atoms with Crippen molar-refractivity contribution in [1.82, 2.24) is 0 Å². The SMILES string of the molecule is CCOP(=O)(CC(=O)C1CCCN(c2cccc3c2C(c2ccccc2)c2ccccc2-3)C1C(=O)O)OCC. The fraction of sp³-hybridized carbons (Fsp3) is 0.355. The Morgan fingerprint density at radius 3 is 2.28 bits per heavy atom. The molecule has 7 nitrogen and oxygen atoms in total. The van der Waals surface area contributed by atoms with E-state index in [9.17, 15) is 19.3 Å². The van der Waals surface area contributed by atoms with Gasteiger partial charge < -0.3 is 19.1 Å². The first-order valence-corrected chi connectivity index (χ1v) is 15.3. The molecule has 0 aromatic heterocycles. The fourth-order valence-electron chi connectivity index (χ4n) is 6.22. The molecular formula is C31H34NO6P. The van der Waals surface area contributed by atoms with Gasteiger partial charge in [-0.05, 0) is 60.6 Å². The molecule has 3 unspecified atom stereocenters. The van der Waals surface area contributed by atoms with Crippen molar-refractivity contribution in [1.29, 1.82) is 0 Å². The molecule has 1 N–H and O–H groups in total. The Bertz CT molecular complexity index is 1400. The first-order chi connectivity index (χ1) is 18.9. The zero-order valence-corrected chi connectivity index (χ0v) is 23.2. The van der Waals surface area contributed by atoms with Crippen LogP contribution in [0.5, 0.6) is 0 Å². The molecule has 3 aromatic carbocycles. The maximum Gasteiger partial charge on any atom is 0.338 e. The zero-order valence-electron chi connectivity index (χ0n) is 22.3. The number of aliphatic carboxylic acids is 1. The van der Waals surface area contributed by atoms with E-state index in [0.29, 0.717) is 19.4 Å². The number of anilines is 1. The Kier molecular flexibility index (Phi) is 8.03. The van der Waals surface area contributed by atoms with Crippen LogP contribution in [0.3, 0.4) is 0 Å². The number of hydrogen-bond acceptors (Lipinski definition) is 6. The smallest absolute Gasteiger partial charge is 0.338 e. The molecule has 0 bridgehead atoms. The van der Waals surface area contributed by atoms with Crippen molar-refractivity contribution in [2.45, 2.75) is 38.6 Å². The predicted molar refractivity (Wildman–Crippen MR) is 151 cm³/mol. The summed E-state index contributed by atoms with van der Waals surface area (Å²) in [6.07, 6.45) is 0.615. The minimum Gasteiger partial charge on any atom is -0.480 e. The normalized spacial score (nSPS) is 20.4. The third-order valence-electron chi connectivity index (χ3n) is 7.67. The molecule has 1 aliphatic heterocycles. The van der Waals surface area contributed by atoms with E-state index in [1.807, 2.05) is 47.4 Å². The van der Waals surface area contributed by atoms with E-state index in [0.717, 1.165) is 27.9 Å². The highest BCUT2D eigenvalue weighted by atomic mass is 31.2. The van der Waals surface area contributed by atoms with Crippen LogP contribution >= 0.6 is 7.60 Å². The Labute approximate surface area is 229 Å². The molecule has 1 heterocycles. The average molecular weight is 548 g/mol. The van der Waals surface area contributed by atoms with E-state index in [1.54, 1.807) is 13.8 Å². The van der Waals surface area contributed by atoms with E-state index < -0.39 is 37.5 Å². The molecule has 3 atom stereocenters. The second kappa shape index (κ2) is 11.5. The topological polar surface area (TPSA) is 93.1 Å². The minimum atomic E-state index is -3.65. The van der Waals surface area contributed by atoms with E-state index in [2.05, 4.69) is 30.3 Å².